The Morgan fingerprint density at radius 2 is 2.20 bits per heavy atom. The molecule has 0 unspecified atom stereocenters. The Kier molecular flexibility index (Phi) is 4.49. The highest BCUT2D eigenvalue weighted by Gasteiger charge is 1.97. The first-order valence-electron chi connectivity index (χ1n) is 2.76. The maximum atomic E-state index is 10.2. The topological polar surface area (TPSA) is 63.6 Å². The van der Waals surface area contributed by atoms with Gasteiger partial charge in [0.1, 0.15) is 12.4 Å². The Bertz CT molecular complexity index is 114. The van der Waals surface area contributed by atoms with Crippen molar-refractivity contribution in [1.29, 1.82) is 0 Å². The number of hydrogen-bond donors (Lipinski definition) is 1. The van der Waals surface area contributed by atoms with E-state index in [1.807, 2.05) is 0 Å². The Morgan fingerprint density at radius 1 is 1.60 bits per heavy atom. The molecule has 0 aliphatic heterocycles. The van der Waals surface area contributed by atoms with Gasteiger partial charge >= 0.3 is 5.97 Å². The van der Waals surface area contributed by atoms with Crippen molar-refractivity contribution in [3.05, 3.63) is 6.42 Å². The molecule has 1 N–H and O–H groups in total. The van der Waals surface area contributed by atoms with Crippen LogP contribution >= 0.6 is 0 Å². The normalized spacial score (nSPS) is 9.30. The van der Waals surface area contributed by atoms with Crippen molar-refractivity contribution in [3.63, 3.8) is 0 Å². The average molecular weight is 145 g/mol. The molecule has 0 heterocycles. The van der Waals surface area contributed by atoms with Gasteiger partial charge in [-0.25, -0.2) is 4.79 Å². The maximum Gasteiger partial charge on any atom is 0.329 e. The van der Waals surface area contributed by atoms with E-state index >= 15 is 0 Å². The van der Waals surface area contributed by atoms with E-state index in [0.717, 1.165) is 0 Å². The molecule has 4 heteroatoms. The van der Waals surface area contributed by atoms with Gasteiger partial charge in [0.2, 0.25) is 0 Å². The third kappa shape index (κ3) is 7.10. The Hall–Kier alpha value is -0.900. The van der Waals surface area contributed by atoms with Gasteiger partial charge in [0, 0.05) is 0 Å². The van der Waals surface area contributed by atoms with E-state index in [0.29, 0.717) is 0 Å². The summed E-state index contributed by atoms with van der Waals surface area (Å²) in [5.74, 6) is -1.15. The molecule has 0 aromatic heterocycles. The molecule has 0 aromatic carbocycles. The van der Waals surface area contributed by atoms with Crippen molar-refractivity contribution in [3.8, 4) is 0 Å². The van der Waals surface area contributed by atoms with E-state index in [4.69, 9.17) is 5.11 Å². The van der Waals surface area contributed by atoms with E-state index < -0.39 is 5.97 Å². The summed E-state index contributed by atoms with van der Waals surface area (Å²) in [4.78, 5) is 20.0. The van der Waals surface area contributed by atoms with Gasteiger partial charge in [0.25, 0.3) is 0 Å². The monoisotopic (exact) mass is 145 g/mol. The molecule has 0 aliphatic carbocycles. The van der Waals surface area contributed by atoms with Crippen LogP contribution in [0.15, 0.2) is 0 Å². The van der Waals surface area contributed by atoms with Gasteiger partial charge in [-0.2, -0.15) is 0 Å². The molecule has 0 amide bonds. The number of carboxylic acid groups (broad SMARTS) is 1. The summed E-state index contributed by atoms with van der Waals surface area (Å²) in [7, 11) is 0. The van der Waals surface area contributed by atoms with E-state index in [1.54, 1.807) is 0 Å². The zero-order valence-electron chi connectivity index (χ0n) is 5.66. The summed E-state index contributed by atoms with van der Waals surface area (Å²) < 4.78 is 4.53. The van der Waals surface area contributed by atoms with Crippen LogP contribution in [0.2, 0.25) is 0 Å². The zero-order chi connectivity index (χ0) is 7.98. The molecule has 0 saturated heterocycles. The van der Waals surface area contributed by atoms with Crippen LogP contribution < -0.4 is 0 Å². The van der Waals surface area contributed by atoms with Gasteiger partial charge in [0.05, 0.1) is 13.0 Å². The molecule has 0 aliphatic rings. The lowest BCUT2D eigenvalue weighted by atomic mass is 10.3. The Morgan fingerprint density at radius 3 is 2.60 bits per heavy atom. The van der Waals surface area contributed by atoms with Crippen LogP contribution in [0, 0.1) is 6.42 Å². The maximum absolute atomic E-state index is 10.2. The smallest absolute Gasteiger partial charge is 0.329 e. The molecule has 4 nitrogen and oxygen atoms in total. The van der Waals surface area contributed by atoms with Gasteiger partial charge in [-0.05, 0) is 6.92 Å². The summed E-state index contributed by atoms with van der Waals surface area (Å²) >= 11 is 0. The Labute approximate surface area is 58.8 Å². The van der Waals surface area contributed by atoms with Gasteiger partial charge in [-0.15, -0.1) is 0 Å². The zero-order valence-corrected chi connectivity index (χ0v) is 5.66. The van der Waals surface area contributed by atoms with Gasteiger partial charge < -0.3 is 9.84 Å². The van der Waals surface area contributed by atoms with Gasteiger partial charge in [-0.1, -0.05) is 0 Å². The van der Waals surface area contributed by atoms with Crippen LogP contribution in [0.4, 0.5) is 0 Å². The van der Waals surface area contributed by atoms with Crippen LogP contribution in [0.3, 0.4) is 0 Å². The fourth-order valence-corrected chi connectivity index (χ4v) is 0.323. The molecule has 0 aromatic rings. The Balaban J connectivity index is 3.06. The van der Waals surface area contributed by atoms with Crippen LogP contribution in [-0.2, 0) is 14.3 Å². The first-order chi connectivity index (χ1) is 4.63. The number of hydrogen-bond acceptors (Lipinski definition) is 3. The number of ether oxygens (including phenoxy) is 1. The summed E-state index contributed by atoms with van der Waals surface area (Å²) in [5, 5.41) is 8.05. The molecule has 0 atom stereocenters. The second kappa shape index (κ2) is 4.93. The molecule has 0 spiro atoms. The quantitative estimate of drug-likeness (QED) is 0.548. The molecule has 0 bridgehead atoms. The number of carbonyl (C=O) groups is 2. The second-order valence-electron chi connectivity index (χ2n) is 1.72. The summed E-state index contributed by atoms with van der Waals surface area (Å²) in [6.45, 7) is 1.09. The van der Waals surface area contributed by atoms with Crippen molar-refractivity contribution in [2.75, 3.05) is 13.2 Å². The number of ketones is 1. The minimum absolute atomic E-state index is 0.0711. The highest BCUT2D eigenvalue weighted by atomic mass is 16.5. The van der Waals surface area contributed by atoms with Crippen LogP contribution in [0.25, 0.3) is 0 Å². The van der Waals surface area contributed by atoms with Gasteiger partial charge in [0.15, 0.2) is 0 Å². The minimum atomic E-state index is -1.03. The molecule has 10 heavy (non-hydrogen) atoms. The number of carboxylic acids is 1. The second-order valence-corrected chi connectivity index (χ2v) is 1.72. The van der Waals surface area contributed by atoms with Gasteiger partial charge in [-0.3, -0.25) is 4.79 Å². The van der Waals surface area contributed by atoms with Crippen molar-refractivity contribution in [2.24, 2.45) is 0 Å². The molecule has 57 valence electrons. The SMILES string of the molecule is CC(=O)[CH]COCC(=O)O. The highest BCUT2D eigenvalue weighted by Crippen LogP contribution is 1.81. The first kappa shape index (κ1) is 9.10. The van der Waals surface area contributed by atoms with E-state index in [2.05, 4.69) is 4.74 Å². The van der Waals surface area contributed by atoms with Crippen LogP contribution in [-0.4, -0.2) is 30.1 Å². The number of Topliss-reactive ketones (excluding diaryl/α,β-unsaturated/α-hetero) is 1. The molecule has 0 fully saturated rings. The number of aliphatic carboxylic acids is 1. The van der Waals surface area contributed by atoms with Crippen molar-refractivity contribution < 1.29 is 19.4 Å². The highest BCUT2D eigenvalue weighted by molar-refractivity contribution is 5.84. The molecular formula is C6H9O4. The third-order valence-corrected chi connectivity index (χ3v) is 0.714. The third-order valence-electron chi connectivity index (χ3n) is 0.714. The molecular weight excluding hydrogens is 136 g/mol. The lowest BCUT2D eigenvalue weighted by molar-refractivity contribution is -0.142. The first-order valence-corrected chi connectivity index (χ1v) is 2.76. The van der Waals surface area contributed by atoms with E-state index in [-0.39, 0.29) is 19.0 Å². The number of carbonyl (C=O) groups excluding carboxylic acids is 1. The van der Waals surface area contributed by atoms with E-state index in [1.165, 1.54) is 13.3 Å². The van der Waals surface area contributed by atoms with Crippen molar-refractivity contribution in [2.45, 2.75) is 6.92 Å². The minimum Gasteiger partial charge on any atom is -0.480 e. The molecule has 0 rings (SSSR count). The largest absolute Gasteiger partial charge is 0.480 e. The summed E-state index contributed by atoms with van der Waals surface area (Å²) in [6.07, 6.45) is 1.28. The molecule has 1 radical (unpaired) electrons. The summed E-state index contributed by atoms with van der Waals surface area (Å²) in [6, 6.07) is 0. The lowest BCUT2D eigenvalue weighted by Crippen LogP contribution is -2.09. The number of rotatable bonds is 5. The van der Waals surface area contributed by atoms with Crippen LogP contribution in [0.5, 0.6) is 0 Å². The predicted octanol–water partition coefficient (Wildman–Crippen LogP) is -0.119. The summed E-state index contributed by atoms with van der Waals surface area (Å²) in [5.41, 5.74) is 0. The predicted molar refractivity (Wildman–Crippen MR) is 33.4 cm³/mol. The molecule has 0 saturated carbocycles. The average Bonchev–Trinajstić information content (AvgIpc) is 1.79. The van der Waals surface area contributed by atoms with Crippen molar-refractivity contribution in [1.82, 2.24) is 0 Å². The standard InChI is InChI=1S/C6H9O4/c1-5(7)2-3-10-4-6(8)9/h2H,3-4H2,1H3,(H,8,9). The van der Waals surface area contributed by atoms with Crippen LogP contribution in [0.1, 0.15) is 6.92 Å². The van der Waals surface area contributed by atoms with E-state index in [9.17, 15) is 9.59 Å². The lowest BCUT2D eigenvalue weighted by Gasteiger charge is -1.95. The van der Waals surface area contributed by atoms with Crippen molar-refractivity contribution >= 4 is 11.8 Å². The fourth-order valence-electron chi connectivity index (χ4n) is 0.323. The fraction of sp³-hybridized carbons (Fsp3) is 0.500.